The molecule has 0 atom stereocenters. The van der Waals surface area contributed by atoms with Gasteiger partial charge in [-0.15, -0.1) is 4.83 Å². The Morgan fingerprint density at radius 2 is 2.00 bits per heavy atom. The van der Waals surface area contributed by atoms with Crippen LogP contribution in [-0.2, 0) is 21.2 Å². The molecule has 0 spiro atoms. The van der Waals surface area contributed by atoms with Crippen molar-refractivity contribution in [1.82, 2.24) is 20.2 Å². The number of carbonyl (C=O) groups excluding carboxylic acids is 1. The van der Waals surface area contributed by atoms with E-state index in [1.165, 1.54) is 24.3 Å². The zero-order chi connectivity index (χ0) is 17.0. The Kier molecular flexibility index (Phi) is 5.31. The van der Waals surface area contributed by atoms with Crippen molar-refractivity contribution in [3.63, 3.8) is 0 Å². The number of aromatic nitrogens is 2. The summed E-state index contributed by atoms with van der Waals surface area (Å²) < 4.78 is 24.0. The highest BCUT2D eigenvalue weighted by molar-refractivity contribution is 7.89. The minimum atomic E-state index is -3.95. The molecule has 0 bridgehead atoms. The van der Waals surface area contributed by atoms with Crippen molar-refractivity contribution in [3.05, 3.63) is 56.2 Å². The predicted octanol–water partition coefficient (Wildman–Crippen LogP) is 0.638. The fourth-order valence-corrected chi connectivity index (χ4v) is 3.04. The highest BCUT2D eigenvalue weighted by Crippen LogP contribution is 2.14. The molecule has 0 fully saturated rings. The number of hydrogen-bond acceptors (Lipinski definition) is 5. The molecule has 1 aromatic heterocycles. The first-order chi connectivity index (χ1) is 10.8. The lowest BCUT2D eigenvalue weighted by atomic mass is 10.3. The van der Waals surface area contributed by atoms with Gasteiger partial charge in [-0.05, 0) is 30.4 Å². The standard InChI is InChI=1S/C12H11ClN4O4S2/c13-7-2-1-3-9(4-7)23(20,21)17-16-11(19)6-8-5-10(18)15-12(22)14-8/h1-5,17H,6H2,(H,16,19)(H2,14,15,18,22). The van der Waals surface area contributed by atoms with Gasteiger partial charge in [-0.25, -0.2) is 8.42 Å². The van der Waals surface area contributed by atoms with Gasteiger partial charge in [0.05, 0.1) is 11.3 Å². The zero-order valence-corrected chi connectivity index (χ0v) is 13.8. The number of carbonyl (C=O) groups is 1. The van der Waals surface area contributed by atoms with Gasteiger partial charge >= 0.3 is 0 Å². The van der Waals surface area contributed by atoms with Crippen LogP contribution in [0.25, 0.3) is 0 Å². The average molecular weight is 375 g/mol. The lowest BCUT2D eigenvalue weighted by Gasteiger charge is -2.08. The topological polar surface area (TPSA) is 124 Å². The Bertz CT molecular complexity index is 924. The summed E-state index contributed by atoms with van der Waals surface area (Å²) in [6.07, 6.45) is -0.258. The quantitative estimate of drug-likeness (QED) is 0.451. The molecule has 2 rings (SSSR count). The van der Waals surface area contributed by atoms with E-state index >= 15 is 0 Å². The van der Waals surface area contributed by atoms with E-state index in [0.29, 0.717) is 0 Å². The van der Waals surface area contributed by atoms with Crippen molar-refractivity contribution in [2.75, 3.05) is 0 Å². The Balaban J connectivity index is 2.04. The summed E-state index contributed by atoms with van der Waals surface area (Å²) >= 11 is 10.5. The maximum absolute atomic E-state index is 12.0. The lowest BCUT2D eigenvalue weighted by molar-refractivity contribution is -0.120. The van der Waals surface area contributed by atoms with Gasteiger partial charge in [0.2, 0.25) is 5.91 Å². The number of H-pyrrole nitrogens is 2. The molecule has 1 aromatic carbocycles. The number of halogens is 1. The summed E-state index contributed by atoms with van der Waals surface area (Å²) in [6.45, 7) is 0. The van der Waals surface area contributed by atoms with Gasteiger partial charge in [-0.3, -0.25) is 20.0 Å². The highest BCUT2D eigenvalue weighted by atomic mass is 35.5. The van der Waals surface area contributed by atoms with Crippen LogP contribution in [0.5, 0.6) is 0 Å². The van der Waals surface area contributed by atoms with Crippen molar-refractivity contribution in [2.45, 2.75) is 11.3 Å². The van der Waals surface area contributed by atoms with Gasteiger partial charge in [0.1, 0.15) is 0 Å². The number of hydrazine groups is 1. The Labute approximate surface area is 140 Å². The molecule has 0 aliphatic rings. The van der Waals surface area contributed by atoms with Crippen molar-refractivity contribution < 1.29 is 13.2 Å². The lowest BCUT2D eigenvalue weighted by Crippen LogP contribution is -2.42. The second-order valence-corrected chi connectivity index (χ2v) is 6.93. The molecule has 122 valence electrons. The SMILES string of the molecule is O=C(Cc1cc(=O)[nH]c(=S)[nH]1)NNS(=O)(=O)c1cccc(Cl)c1. The van der Waals surface area contributed by atoms with E-state index in [1.54, 1.807) is 0 Å². The number of aromatic amines is 2. The molecule has 0 saturated carbocycles. The molecule has 8 nitrogen and oxygen atoms in total. The molecule has 2 aromatic rings. The molecule has 0 aliphatic carbocycles. The van der Waals surface area contributed by atoms with Crippen LogP contribution in [0, 0.1) is 4.77 Å². The summed E-state index contributed by atoms with van der Waals surface area (Å²) in [5.74, 6) is -0.674. The molecular weight excluding hydrogens is 364 g/mol. The van der Waals surface area contributed by atoms with Crippen molar-refractivity contribution in [3.8, 4) is 0 Å². The second-order valence-electron chi connectivity index (χ2n) is 4.40. The largest absolute Gasteiger partial charge is 0.335 e. The van der Waals surface area contributed by atoms with Crippen LogP contribution in [-0.4, -0.2) is 24.3 Å². The van der Waals surface area contributed by atoms with E-state index in [9.17, 15) is 18.0 Å². The fourth-order valence-electron chi connectivity index (χ4n) is 1.65. The maximum atomic E-state index is 12.0. The van der Waals surface area contributed by atoms with E-state index in [4.69, 9.17) is 23.8 Å². The third kappa shape index (κ3) is 4.99. The maximum Gasteiger partial charge on any atom is 0.257 e. The third-order valence-electron chi connectivity index (χ3n) is 2.60. The average Bonchev–Trinajstić information content (AvgIpc) is 2.44. The molecule has 0 saturated heterocycles. The first-order valence-electron chi connectivity index (χ1n) is 6.15. The summed E-state index contributed by atoms with van der Waals surface area (Å²) in [5, 5.41) is 0.246. The Hall–Kier alpha value is -2.01. The Morgan fingerprint density at radius 3 is 2.65 bits per heavy atom. The number of hydrogen-bond donors (Lipinski definition) is 4. The van der Waals surface area contributed by atoms with Crippen molar-refractivity contribution >= 4 is 39.7 Å². The summed E-state index contributed by atoms with van der Waals surface area (Å²) in [5.41, 5.74) is 1.83. The van der Waals surface area contributed by atoms with Gasteiger partial charge < -0.3 is 4.98 Å². The minimum Gasteiger partial charge on any atom is -0.335 e. The molecule has 1 heterocycles. The molecular formula is C12H11ClN4O4S2. The zero-order valence-electron chi connectivity index (χ0n) is 11.4. The van der Waals surface area contributed by atoms with Crippen molar-refractivity contribution in [1.29, 1.82) is 0 Å². The predicted molar refractivity (Wildman–Crippen MR) is 85.9 cm³/mol. The smallest absolute Gasteiger partial charge is 0.257 e. The van der Waals surface area contributed by atoms with E-state index in [0.717, 1.165) is 6.07 Å². The van der Waals surface area contributed by atoms with Crippen LogP contribution in [0.2, 0.25) is 5.02 Å². The first kappa shape index (κ1) is 17.3. The second kappa shape index (κ2) is 7.04. The van der Waals surface area contributed by atoms with Gasteiger partial charge in [-0.1, -0.05) is 17.7 Å². The van der Waals surface area contributed by atoms with E-state index in [1.807, 2.05) is 10.3 Å². The fraction of sp³-hybridized carbons (Fsp3) is 0.0833. The summed E-state index contributed by atoms with van der Waals surface area (Å²) in [4.78, 5) is 29.8. The van der Waals surface area contributed by atoms with Crippen LogP contribution in [0.1, 0.15) is 5.69 Å². The van der Waals surface area contributed by atoms with Crippen LogP contribution in [0.4, 0.5) is 0 Å². The van der Waals surface area contributed by atoms with Gasteiger partial charge in [-0.2, -0.15) is 0 Å². The van der Waals surface area contributed by atoms with Crippen LogP contribution < -0.4 is 15.8 Å². The number of nitrogens with one attached hydrogen (secondary N) is 4. The molecule has 1 amide bonds. The normalized spacial score (nSPS) is 11.2. The van der Waals surface area contributed by atoms with Gasteiger partial charge in [0, 0.05) is 16.8 Å². The summed E-state index contributed by atoms with van der Waals surface area (Å²) in [7, 11) is -3.95. The first-order valence-corrected chi connectivity index (χ1v) is 8.42. The number of amides is 1. The van der Waals surface area contributed by atoms with E-state index < -0.39 is 21.5 Å². The van der Waals surface area contributed by atoms with Gasteiger partial charge in [0.15, 0.2) is 4.77 Å². The monoisotopic (exact) mass is 374 g/mol. The number of benzene rings is 1. The highest BCUT2D eigenvalue weighted by Gasteiger charge is 2.15. The molecule has 11 heteroatoms. The van der Waals surface area contributed by atoms with Crippen LogP contribution >= 0.6 is 23.8 Å². The van der Waals surface area contributed by atoms with Crippen LogP contribution in [0.15, 0.2) is 40.0 Å². The molecule has 4 N–H and O–H groups in total. The van der Waals surface area contributed by atoms with Crippen molar-refractivity contribution in [2.24, 2.45) is 0 Å². The molecule has 23 heavy (non-hydrogen) atoms. The number of rotatable bonds is 5. The number of sulfonamides is 1. The van der Waals surface area contributed by atoms with Crippen LogP contribution in [0.3, 0.4) is 0 Å². The van der Waals surface area contributed by atoms with E-state index in [-0.39, 0.29) is 26.8 Å². The van der Waals surface area contributed by atoms with E-state index in [2.05, 4.69) is 9.97 Å². The Morgan fingerprint density at radius 1 is 1.26 bits per heavy atom. The summed E-state index contributed by atoms with van der Waals surface area (Å²) in [6, 6.07) is 6.71. The van der Waals surface area contributed by atoms with Gasteiger partial charge in [0.25, 0.3) is 15.6 Å². The molecule has 0 unspecified atom stereocenters. The molecule has 0 aliphatic heterocycles. The minimum absolute atomic E-state index is 0.0693. The third-order valence-corrected chi connectivity index (χ3v) is 4.28. The molecule has 0 radical (unpaired) electrons.